The number of hydrogen-bond donors (Lipinski definition) is 1. The summed E-state index contributed by atoms with van der Waals surface area (Å²) in [4.78, 5) is 19.4. The van der Waals surface area contributed by atoms with E-state index >= 15 is 0 Å². The molecule has 0 fully saturated rings. The standard InChI is InChI=1S/C12H23N5O2/c1-6-17(8-10(18)16(4)5)7-9-14-11(15-19-9)12(2,3)13/h6-8,13H2,1-5H3. The quantitative estimate of drug-likeness (QED) is 0.792. The maximum absolute atomic E-state index is 11.7. The number of aromatic nitrogens is 2. The van der Waals surface area contributed by atoms with E-state index in [2.05, 4.69) is 10.1 Å². The Hall–Kier alpha value is -1.47. The summed E-state index contributed by atoms with van der Waals surface area (Å²) in [6, 6.07) is 0. The topological polar surface area (TPSA) is 88.5 Å². The van der Waals surface area contributed by atoms with Crippen LogP contribution in [0.25, 0.3) is 0 Å². The van der Waals surface area contributed by atoms with E-state index in [0.29, 0.717) is 24.8 Å². The molecule has 0 aliphatic carbocycles. The van der Waals surface area contributed by atoms with Gasteiger partial charge in [0.05, 0.1) is 18.6 Å². The molecular formula is C12H23N5O2. The fourth-order valence-corrected chi connectivity index (χ4v) is 1.38. The fourth-order valence-electron chi connectivity index (χ4n) is 1.38. The summed E-state index contributed by atoms with van der Waals surface area (Å²) in [5.41, 5.74) is 5.27. The maximum Gasteiger partial charge on any atom is 0.240 e. The van der Waals surface area contributed by atoms with Crippen LogP contribution in [0.4, 0.5) is 0 Å². The Labute approximate surface area is 113 Å². The first-order valence-electron chi connectivity index (χ1n) is 6.28. The summed E-state index contributed by atoms with van der Waals surface area (Å²) in [5.74, 6) is 0.986. The van der Waals surface area contributed by atoms with Gasteiger partial charge < -0.3 is 15.2 Å². The van der Waals surface area contributed by atoms with E-state index in [4.69, 9.17) is 10.3 Å². The molecule has 7 heteroatoms. The molecule has 2 N–H and O–H groups in total. The van der Waals surface area contributed by atoms with Crippen molar-refractivity contribution in [3.63, 3.8) is 0 Å². The molecule has 0 saturated carbocycles. The van der Waals surface area contributed by atoms with Crippen LogP contribution in [0.5, 0.6) is 0 Å². The Bertz CT molecular complexity index is 422. The molecule has 108 valence electrons. The van der Waals surface area contributed by atoms with Crippen LogP contribution in [0, 0.1) is 0 Å². The van der Waals surface area contributed by atoms with Gasteiger partial charge in [0.1, 0.15) is 0 Å². The lowest BCUT2D eigenvalue weighted by molar-refractivity contribution is -0.130. The minimum Gasteiger partial charge on any atom is -0.348 e. The lowest BCUT2D eigenvalue weighted by atomic mass is 10.1. The molecule has 0 aliphatic rings. The van der Waals surface area contributed by atoms with Crippen LogP contribution < -0.4 is 5.73 Å². The fraction of sp³-hybridized carbons (Fsp3) is 0.750. The molecule has 7 nitrogen and oxygen atoms in total. The van der Waals surface area contributed by atoms with Crippen LogP contribution >= 0.6 is 0 Å². The first-order valence-corrected chi connectivity index (χ1v) is 6.28. The zero-order valence-electron chi connectivity index (χ0n) is 12.3. The average molecular weight is 269 g/mol. The van der Waals surface area contributed by atoms with Crippen molar-refractivity contribution in [3.05, 3.63) is 11.7 Å². The molecule has 0 unspecified atom stereocenters. The van der Waals surface area contributed by atoms with Gasteiger partial charge in [-0.15, -0.1) is 0 Å². The smallest absolute Gasteiger partial charge is 0.240 e. The Kier molecular flexibility index (Phi) is 5.02. The Morgan fingerprint density at radius 2 is 2.05 bits per heavy atom. The van der Waals surface area contributed by atoms with E-state index in [-0.39, 0.29) is 5.91 Å². The second kappa shape index (κ2) is 6.12. The van der Waals surface area contributed by atoms with Crippen molar-refractivity contribution < 1.29 is 9.32 Å². The van der Waals surface area contributed by atoms with Gasteiger partial charge in [-0.1, -0.05) is 12.1 Å². The highest BCUT2D eigenvalue weighted by Gasteiger charge is 2.22. The largest absolute Gasteiger partial charge is 0.348 e. The lowest BCUT2D eigenvalue weighted by Gasteiger charge is -2.20. The zero-order chi connectivity index (χ0) is 14.6. The third kappa shape index (κ3) is 4.60. The third-order valence-corrected chi connectivity index (χ3v) is 2.71. The monoisotopic (exact) mass is 269 g/mol. The normalized spacial score (nSPS) is 11.9. The van der Waals surface area contributed by atoms with E-state index in [1.54, 1.807) is 19.0 Å². The van der Waals surface area contributed by atoms with Crippen molar-refractivity contribution >= 4 is 5.91 Å². The van der Waals surface area contributed by atoms with Crippen LogP contribution in [0.3, 0.4) is 0 Å². The van der Waals surface area contributed by atoms with E-state index < -0.39 is 5.54 Å². The van der Waals surface area contributed by atoms with Gasteiger partial charge in [0.2, 0.25) is 11.8 Å². The molecule has 0 bridgehead atoms. The number of likely N-dealkylation sites (N-methyl/N-ethyl adjacent to an activating group) is 2. The van der Waals surface area contributed by atoms with E-state index in [1.807, 2.05) is 25.7 Å². The molecule has 1 heterocycles. The van der Waals surface area contributed by atoms with Crippen molar-refractivity contribution in [1.82, 2.24) is 19.9 Å². The minimum absolute atomic E-state index is 0.0424. The summed E-state index contributed by atoms with van der Waals surface area (Å²) in [6.45, 7) is 7.10. The summed E-state index contributed by atoms with van der Waals surface area (Å²) in [5, 5.41) is 3.86. The van der Waals surface area contributed by atoms with Gasteiger partial charge in [-0.3, -0.25) is 9.69 Å². The predicted molar refractivity (Wildman–Crippen MR) is 71.2 cm³/mol. The highest BCUT2D eigenvalue weighted by Crippen LogP contribution is 2.13. The molecule has 1 aromatic rings. The number of carbonyl (C=O) groups excluding carboxylic acids is 1. The summed E-state index contributed by atoms with van der Waals surface area (Å²) in [6.07, 6.45) is 0. The van der Waals surface area contributed by atoms with Crippen LogP contribution in [-0.2, 0) is 16.9 Å². The first-order chi connectivity index (χ1) is 8.74. The molecule has 0 aromatic carbocycles. The molecule has 19 heavy (non-hydrogen) atoms. The van der Waals surface area contributed by atoms with E-state index in [0.717, 1.165) is 6.54 Å². The summed E-state index contributed by atoms with van der Waals surface area (Å²) in [7, 11) is 3.47. The SMILES string of the molecule is CCN(CC(=O)N(C)C)Cc1nc(C(C)(C)N)no1. The van der Waals surface area contributed by atoms with Gasteiger partial charge in [-0.25, -0.2) is 0 Å². The molecule has 0 atom stereocenters. The molecule has 0 radical (unpaired) electrons. The number of amides is 1. The van der Waals surface area contributed by atoms with Crippen molar-refractivity contribution in [3.8, 4) is 0 Å². The van der Waals surface area contributed by atoms with E-state index in [9.17, 15) is 4.79 Å². The number of nitrogens with two attached hydrogens (primary N) is 1. The van der Waals surface area contributed by atoms with Gasteiger partial charge in [0.25, 0.3) is 0 Å². The number of nitrogens with zero attached hydrogens (tertiary/aromatic N) is 4. The predicted octanol–water partition coefficient (Wildman–Crippen LogP) is 0.174. The highest BCUT2D eigenvalue weighted by atomic mass is 16.5. The molecule has 1 rings (SSSR count). The Morgan fingerprint density at radius 1 is 1.42 bits per heavy atom. The van der Waals surface area contributed by atoms with E-state index in [1.165, 1.54) is 0 Å². The van der Waals surface area contributed by atoms with Crippen molar-refractivity contribution in [1.29, 1.82) is 0 Å². The summed E-state index contributed by atoms with van der Waals surface area (Å²) < 4.78 is 5.16. The van der Waals surface area contributed by atoms with Gasteiger partial charge in [-0.2, -0.15) is 4.98 Å². The Balaban J connectivity index is 2.66. The maximum atomic E-state index is 11.7. The lowest BCUT2D eigenvalue weighted by Crippen LogP contribution is -2.36. The Morgan fingerprint density at radius 3 is 2.47 bits per heavy atom. The first kappa shape index (κ1) is 15.6. The van der Waals surface area contributed by atoms with Crippen molar-refractivity contribution in [2.24, 2.45) is 5.73 Å². The number of hydrogen-bond acceptors (Lipinski definition) is 6. The van der Waals surface area contributed by atoms with Crippen molar-refractivity contribution in [2.75, 3.05) is 27.2 Å². The van der Waals surface area contributed by atoms with Gasteiger partial charge >= 0.3 is 0 Å². The minimum atomic E-state index is -0.627. The molecule has 0 saturated heterocycles. The van der Waals surface area contributed by atoms with Crippen molar-refractivity contribution in [2.45, 2.75) is 32.9 Å². The van der Waals surface area contributed by atoms with Crippen LogP contribution in [0.1, 0.15) is 32.5 Å². The second-order valence-corrected chi connectivity index (χ2v) is 5.32. The summed E-state index contributed by atoms with van der Waals surface area (Å²) >= 11 is 0. The van der Waals surface area contributed by atoms with Crippen LogP contribution in [0.2, 0.25) is 0 Å². The van der Waals surface area contributed by atoms with Gasteiger partial charge in [-0.05, 0) is 20.4 Å². The second-order valence-electron chi connectivity index (χ2n) is 5.32. The zero-order valence-corrected chi connectivity index (χ0v) is 12.3. The molecule has 0 spiro atoms. The molecule has 1 amide bonds. The number of rotatable bonds is 6. The molecular weight excluding hydrogens is 246 g/mol. The number of carbonyl (C=O) groups is 1. The van der Waals surface area contributed by atoms with Crippen LogP contribution in [-0.4, -0.2) is 53.0 Å². The highest BCUT2D eigenvalue weighted by molar-refractivity contribution is 5.77. The third-order valence-electron chi connectivity index (χ3n) is 2.71. The molecule has 1 aromatic heterocycles. The molecule has 0 aliphatic heterocycles. The van der Waals surface area contributed by atoms with Gasteiger partial charge in [0.15, 0.2) is 5.82 Å². The van der Waals surface area contributed by atoms with Gasteiger partial charge in [0, 0.05) is 14.1 Å². The van der Waals surface area contributed by atoms with Crippen LogP contribution in [0.15, 0.2) is 4.52 Å². The average Bonchev–Trinajstić information content (AvgIpc) is 2.76.